The predicted octanol–water partition coefficient (Wildman–Crippen LogP) is 2.81. The average Bonchev–Trinajstić information content (AvgIpc) is 2.37. The Morgan fingerprint density at radius 1 is 1.29 bits per heavy atom. The number of amides is 2. The van der Waals surface area contributed by atoms with Gasteiger partial charge in [0.25, 0.3) is 0 Å². The smallest absolute Gasteiger partial charge is 0.321 e. The number of nitrogens with one attached hydrogen (secondary N) is 1. The van der Waals surface area contributed by atoms with Gasteiger partial charge in [-0.05, 0) is 31.4 Å². The lowest BCUT2D eigenvalue weighted by atomic mass is 9.96. The number of nitrogens with zero attached hydrogens (tertiary/aromatic N) is 1. The van der Waals surface area contributed by atoms with Crippen LogP contribution in [0.25, 0.3) is 0 Å². The van der Waals surface area contributed by atoms with Gasteiger partial charge in [-0.1, -0.05) is 31.5 Å². The molecule has 0 heterocycles. The van der Waals surface area contributed by atoms with Crippen LogP contribution >= 0.6 is 0 Å². The van der Waals surface area contributed by atoms with E-state index in [2.05, 4.69) is 5.32 Å². The fraction of sp³-hybridized carbons (Fsp3) is 0.500. The molecule has 0 bridgehead atoms. The van der Waals surface area contributed by atoms with Gasteiger partial charge in [-0.3, -0.25) is 9.69 Å². The molecular formula is C16H24N2O3. The highest BCUT2D eigenvalue weighted by molar-refractivity contribution is 5.92. The van der Waals surface area contributed by atoms with Gasteiger partial charge >= 0.3 is 12.0 Å². The largest absolute Gasteiger partial charge is 0.481 e. The van der Waals surface area contributed by atoms with Crippen molar-refractivity contribution in [3.05, 3.63) is 29.3 Å². The van der Waals surface area contributed by atoms with Crippen LogP contribution < -0.4 is 10.2 Å². The Balaban J connectivity index is 2.73. The SMILES string of the molecule is Cc1ccc(N(C)C(=O)NCC(C(=O)O)C(C)C)c(C)c1. The van der Waals surface area contributed by atoms with Crippen LogP contribution in [0.2, 0.25) is 0 Å². The van der Waals surface area contributed by atoms with Crippen LogP contribution in [0.4, 0.5) is 10.5 Å². The average molecular weight is 292 g/mol. The summed E-state index contributed by atoms with van der Waals surface area (Å²) in [5, 5.41) is 11.8. The lowest BCUT2D eigenvalue weighted by Gasteiger charge is -2.23. The van der Waals surface area contributed by atoms with E-state index in [1.165, 1.54) is 4.90 Å². The number of rotatable bonds is 5. The first-order valence-electron chi connectivity index (χ1n) is 7.05. The molecule has 1 unspecified atom stereocenters. The van der Waals surface area contributed by atoms with Gasteiger partial charge in [-0.25, -0.2) is 4.79 Å². The molecule has 21 heavy (non-hydrogen) atoms. The van der Waals surface area contributed by atoms with E-state index in [9.17, 15) is 9.59 Å². The van der Waals surface area contributed by atoms with Crippen LogP contribution in [0.15, 0.2) is 18.2 Å². The number of carbonyl (C=O) groups is 2. The molecule has 1 aromatic carbocycles. The second kappa shape index (κ2) is 7.11. The van der Waals surface area contributed by atoms with Crippen molar-refractivity contribution >= 4 is 17.7 Å². The molecule has 0 aliphatic rings. The number of aryl methyl sites for hydroxylation is 2. The molecule has 0 spiro atoms. The monoisotopic (exact) mass is 292 g/mol. The van der Waals surface area contributed by atoms with Crippen LogP contribution in [-0.2, 0) is 4.79 Å². The van der Waals surface area contributed by atoms with Gasteiger partial charge in [0.2, 0.25) is 0 Å². The van der Waals surface area contributed by atoms with Crippen LogP contribution in [0.3, 0.4) is 0 Å². The first-order chi connectivity index (χ1) is 9.73. The highest BCUT2D eigenvalue weighted by Gasteiger charge is 2.23. The topological polar surface area (TPSA) is 69.6 Å². The molecule has 116 valence electrons. The minimum Gasteiger partial charge on any atom is -0.481 e. The van der Waals surface area contributed by atoms with Crippen LogP contribution in [0.1, 0.15) is 25.0 Å². The molecule has 0 saturated heterocycles. The standard InChI is InChI=1S/C16H24N2O3/c1-10(2)13(15(19)20)9-17-16(21)18(5)14-7-6-11(3)8-12(14)4/h6-8,10,13H,9H2,1-5H3,(H,17,21)(H,19,20). The van der Waals surface area contributed by atoms with Crippen LogP contribution in [0.5, 0.6) is 0 Å². The van der Waals surface area contributed by atoms with Crippen molar-refractivity contribution in [2.24, 2.45) is 11.8 Å². The van der Waals surface area contributed by atoms with Crippen LogP contribution in [-0.4, -0.2) is 30.7 Å². The third-order valence-corrected chi connectivity index (χ3v) is 3.61. The first kappa shape index (κ1) is 17.0. The van der Waals surface area contributed by atoms with Crippen molar-refractivity contribution in [1.29, 1.82) is 0 Å². The summed E-state index contributed by atoms with van der Waals surface area (Å²) >= 11 is 0. The van der Waals surface area contributed by atoms with E-state index < -0.39 is 11.9 Å². The van der Waals surface area contributed by atoms with Crippen molar-refractivity contribution in [2.45, 2.75) is 27.7 Å². The maximum atomic E-state index is 12.2. The summed E-state index contributed by atoms with van der Waals surface area (Å²) in [6.07, 6.45) is 0. The molecule has 0 aliphatic carbocycles. The summed E-state index contributed by atoms with van der Waals surface area (Å²) in [4.78, 5) is 24.8. The van der Waals surface area contributed by atoms with Crippen molar-refractivity contribution in [3.8, 4) is 0 Å². The molecule has 1 atom stereocenters. The zero-order chi connectivity index (χ0) is 16.2. The van der Waals surface area contributed by atoms with Crippen molar-refractivity contribution in [3.63, 3.8) is 0 Å². The molecule has 0 aliphatic heterocycles. The number of carbonyl (C=O) groups excluding carboxylic acids is 1. The Morgan fingerprint density at radius 2 is 1.90 bits per heavy atom. The number of anilines is 1. The van der Waals surface area contributed by atoms with Gasteiger partial charge in [-0.2, -0.15) is 0 Å². The van der Waals surface area contributed by atoms with E-state index in [0.29, 0.717) is 0 Å². The lowest BCUT2D eigenvalue weighted by Crippen LogP contribution is -2.42. The Hall–Kier alpha value is -2.04. The molecule has 0 radical (unpaired) electrons. The molecule has 5 nitrogen and oxygen atoms in total. The molecule has 2 N–H and O–H groups in total. The van der Waals surface area contributed by atoms with E-state index in [4.69, 9.17) is 5.11 Å². The van der Waals surface area contributed by atoms with Crippen LogP contribution in [0, 0.1) is 25.7 Å². The fourth-order valence-electron chi connectivity index (χ4n) is 2.22. The summed E-state index contributed by atoms with van der Waals surface area (Å²) in [7, 11) is 1.68. The molecular weight excluding hydrogens is 268 g/mol. The van der Waals surface area contributed by atoms with Gasteiger partial charge in [-0.15, -0.1) is 0 Å². The number of aliphatic carboxylic acids is 1. The summed E-state index contributed by atoms with van der Waals surface area (Å²) < 4.78 is 0. The third kappa shape index (κ3) is 4.48. The molecule has 0 saturated carbocycles. The van der Waals surface area contributed by atoms with E-state index in [1.807, 2.05) is 45.9 Å². The van der Waals surface area contributed by atoms with E-state index in [-0.39, 0.29) is 18.5 Å². The summed E-state index contributed by atoms with van der Waals surface area (Å²) in [6.45, 7) is 7.73. The van der Waals surface area contributed by atoms with Gasteiger partial charge in [0.15, 0.2) is 0 Å². The molecule has 1 aromatic rings. The van der Waals surface area contributed by atoms with Gasteiger partial charge in [0, 0.05) is 19.3 Å². The second-order valence-corrected chi connectivity index (χ2v) is 5.72. The zero-order valence-corrected chi connectivity index (χ0v) is 13.3. The molecule has 0 aromatic heterocycles. The van der Waals surface area contributed by atoms with Gasteiger partial charge < -0.3 is 10.4 Å². The predicted molar refractivity (Wildman–Crippen MR) is 83.7 cm³/mol. The minimum absolute atomic E-state index is 0.0331. The number of carboxylic acids is 1. The molecule has 0 fully saturated rings. The van der Waals surface area contributed by atoms with Gasteiger partial charge in [0.1, 0.15) is 0 Å². The summed E-state index contributed by atoms with van der Waals surface area (Å²) in [5.74, 6) is -1.50. The van der Waals surface area contributed by atoms with E-state index in [0.717, 1.165) is 16.8 Å². The Kier molecular flexibility index (Phi) is 5.76. The first-order valence-corrected chi connectivity index (χ1v) is 7.05. The van der Waals surface area contributed by atoms with Crippen molar-refractivity contribution < 1.29 is 14.7 Å². The Labute approximate surface area is 126 Å². The third-order valence-electron chi connectivity index (χ3n) is 3.61. The van der Waals surface area contributed by atoms with E-state index in [1.54, 1.807) is 7.05 Å². The minimum atomic E-state index is -0.889. The zero-order valence-electron chi connectivity index (χ0n) is 13.3. The lowest BCUT2D eigenvalue weighted by molar-refractivity contribution is -0.142. The van der Waals surface area contributed by atoms with Crippen molar-refractivity contribution in [1.82, 2.24) is 5.32 Å². The molecule has 5 heteroatoms. The number of benzene rings is 1. The van der Waals surface area contributed by atoms with Crippen molar-refractivity contribution in [2.75, 3.05) is 18.5 Å². The fourth-order valence-corrected chi connectivity index (χ4v) is 2.22. The highest BCUT2D eigenvalue weighted by atomic mass is 16.4. The summed E-state index contributed by atoms with van der Waals surface area (Å²) in [6, 6.07) is 5.54. The number of hydrogen-bond acceptors (Lipinski definition) is 2. The number of urea groups is 1. The Morgan fingerprint density at radius 3 is 2.38 bits per heavy atom. The Bertz CT molecular complexity index is 526. The van der Waals surface area contributed by atoms with Gasteiger partial charge in [0.05, 0.1) is 5.92 Å². The van der Waals surface area contributed by atoms with E-state index >= 15 is 0 Å². The summed E-state index contributed by atoms with van der Waals surface area (Å²) in [5.41, 5.74) is 2.96. The quantitative estimate of drug-likeness (QED) is 0.876. The number of carboxylic acid groups (broad SMARTS) is 1. The number of hydrogen-bond donors (Lipinski definition) is 2. The maximum absolute atomic E-state index is 12.2. The molecule has 2 amide bonds. The normalized spacial score (nSPS) is 12.1. The molecule has 1 rings (SSSR count). The highest BCUT2D eigenvalue weighted by Crippen LogP contribution is 2.20. The maximum Gasteiger partial charge on any atom is 0.321 e. The second-order valence-electron chi connectivity index (χ2n) is 5.72.